The van der Waals surface area contributed by atoms with E-state index in [-0.39, 0.29) is 0 Å². The monoisotopic (exact) mass is 335 g/mol. The maximum Gasteiger partial charge on any atom is 0.313 e. The molecule has 0 atom stereocenters. The fourth-order valence-corrected chi connectivity index (χ4v) is 2.16. The van der Waals surface area contributed by atoms with Crippen LogP contribution in [0.1, 0.15) is 0 Å². The maximum atomic E-state index is 12.0. The van der Waals surface area contributed by atoms with Crippen LogP contribution in [0.3, 0.4) is 0 Å². The number of benzene rings is 1. The van der Waals surface area contributed by atoms with Gasteiger partial charge in [0, 0.05) is 25.5 Å². The summed E-state index contributed by atoms with van der Waals surface area (Å²) in [5.74, 6) is -1.45. The molecule has 122 valence electrons. The summed E-state index contributed by atoms with van der Waals surface area (Å²) >= 11 is 6.18. The number of rotatable bonds is 5. The lowest BCUT2D eigenvalue weighted by atomic mass is 10.2. The van der Waals surface area contributed by atoms with E-state index in [1.54, 1.807) is 36.7 Å². The molecule has 7 nitrogen and oxygen atoms in total. The number of para-hydroxylation sites is 1. The number of nitrogens with zero attached hydrogens (tertiary/aromatic N) is 3. The predicted octanol–water partition coefficient (Wildman–Crippen LogP) is 1.14. The molecule has 2 amide bonds. The molecule has 1 aromatic heterocycles. The zero-order valence-corrected chi connectivity index (χ0v) is 13.7. The molecule has 1 heterocycles. The van der Waals surface area contributed by atoms with Gasteiger partial charge in [0.05, 0.1) is 10.7 Å². The molecular formula is C15H18ClN5O2. The van der Waals surface area contributed by atoms with Crippen molar-refractivity contribution in [3.05, 3.63) is 41.7 Å². The van der Waals surface area contributed by atoms with E-state index in [4.69, 9.17) is 11.6 Å². The predicted molar refractivity (Wildman–Crippen MR) is 88.8 cm³/mol. The number of hydrogen-bond donors (Lipinski definition) is 2. The summed E-state index contributed by atoms with van der Waals surface area (Å²) in [6.07, 6.45) is 3.30. The van der Waals surface area contributed by atoms with E-state index in [9.17, 15) is 9.59 Å². The summed E-state index contributed by atoms with van der Waals surface area (Å²) in [5, 5.41) is 9.64. The molecule has 1 aromatic carbocycles. The Bertz CT molecular complexity index is 685. The Kier molecular flexibility index (Phi) is 5.72. The molecule has 0 aliphatic heterocycles. The van der Waals surface area contributed by atoms with Gasteiger partial charge in [0.15, 0.2) is 0 Å². The van der Waals surface area contributed by atoms with Crippen molar-refractivity contribution in [3.8, 4) is 5.69 Å². The van der Waals surface area contributed by atoms with Crippen LogP contribution in [0.2, 0.25) is 5.02 Å². The Morgan fingerprint density at radius 2 is 2.04 bits per heavy atom. The normalized spacial score (nSPS) is 10.6. The van der Waals surface area contributed by atoms with Crippen LogP contribution >= 0.6 is 11.6 Å². The van der Waals surface area contributed by atoms with Gasteiger partial charge in [-0.25, -0.2) is 4.68 Å². The van der Waals surface area contributed by atoms with E-state index in [2.05, 4.69) is 15.7 Å². The molecule has 2 N–H and O–H groups in total. The van der Waals surface area contributed by atoms with Crippen molar-refractivity contribution >= 4 is 29.1 Å². The van der Waals surface area contributed by atoms with Gasteiger partial charge >= 0.3 is 11.8 Å². The largest absolute Gasteiger partial charge is 0.347 e. The summed E-state index contributed by atoms with van der Waals surface area (Å²) in [5.41, 5.74) is 0.919. The molecular weight excluding hydrogens is 318 g/mol. The molecule has 0 fully saturated rings. The van der Waals surface area contributed by atoms with Crippen LogP contribution in [0.5, 0.6) is 0 Å². The van der Waals surface area contributed by atoms with Crippen LogP contribution in [0.4, 0.5) is 5.69 Å². The summed E-state index contributed by atoms with van der Waals surface area (Å²) in [7, 11) is 3.77. The molecule has 2 rings (SSSR count). The summed E-state index contributed by atoms with van der Waals surface area (Å²) < 4.78 is 1.53. The fraction of sp³-hybridized carbons (Fsp3) is 0.267. The molecule has 0 bridgehead atoms. The fourth-order valence-electron chi connectivity index (χ4n) is 1.90. The smallest absolute Gasteiger partial charge is 0.313 e. The molecule has 0 aliphatic rings. The summed E-state index contributed by atoms with van der Waals surface area (Å²) in [6.45, 7) is 1.04. The van der Waals surface area contributed by atoms with Gasteiger partial charge in [-0.05, 0) is 32.3 Å². The third-order valence-electron chi connectivity index (χ3n) is 3.02. The number of anilines is 1. The Labute approximate surface area is 139 Å². The van der Waals surface area contributed by atoms with Crippen molar-refractivity contribution in [1.29, 1.82) is 0 Å². The van der Waals surface area contributed by atoms with E-state index >= 15 is 0 Å². The van der Waals surface area contributed by atoms with Crippen molar-refractivity contribution in [2.45, 2.75) is 0 Å². The number of aromatic nitrogens is 2. The van der Waals surface area contributed by atoms with Gasteiger partial charge in [0.2, 0.25) is 0 Å². The number of hydrogen-bond acceptors (Lipinski definition) is 4. The van der Waals surface area contributed by atoms with Crippen molar-refractivity contribution in [2.24, 2.45) is 0 Å². The minimum Gasteiger partial charge on any atom is -0.347 e. The average Bonchev–Trinajstić information content (AvgIpc) is 3.00. The van der Waals surface area contributed by atoms with Gasteiger partial charge in [0.1, 0.15) is 5.69 Å². The lowest BCUT2D eigenvalue weighted by molar-refractivity contribution is -0.136. The molecule has 2 aromatic rings. The Balaban J connectivity index is 2.10. The minimum absolute atomic E-state index is 0.390. The van der Waals surface area contributed by atoms with E-state index in [1.807, 2.05) is 19.0 Å². The van der Waals surface area contributed by atoms with Crippen LogP contribution in [0.25, 0.3) is 5.69 Å². The Hall–Kier alpha value is -2.38. The van der Waals surface area contributed by atoms with Crippen molar-refractivity contribution in [3.63, 3.8) is 0 Å². The van der Waals surface area contributed by atoms with E-state index in [0.717, 1.165) is 0 Å². The second kappa shape index (κ2) is 7.75. The maximum absolute atomic E-state index is 12.0. The van der Waals surface area contributed by atoms with Crippen LogP contribution in [0, 0.1) is 0 Å². The van der Waals surface area contributed by atoms with Crippen LogP contribution in [-0.2, 0) is 9.59 Å². The first kappa shape index (κ1) is 17.0. The summed E-state index contributed by atoms with van der Waals surface area (Å²) in [4.78, 5) is 25.7. The highest BCUT2D eigenvalue weighted by Gasteiger charge is 2.17. The van der Waals surface area contributed by atoms with Crippen LogP contribution in [-0.4, -0.2) is 53.7 Å². The summed E-state index contributed by atoms with van der Waals surface area (Å²) in [6, 6.07) is 6.77. The molecule has 8 heteroatoms. The standard InChI is InChI=1S/C15H18ClN5O2/c1-20(2)10-8-17-14(22)15(23)19-12-6-3-5-11(16)13(12)21-9-4-7-18-21/h3-7,9H,8,10H2,1-2H3,(H,17,22)(H,19,23). The van der Waals surface area contributed by atoms with Crippen LogP contribution < -0.4 is 10.6 Å². The SMILES string of the molecule is CN(C)CCNC(=O)C(=O)Nc1cccc(Cl)c1-n1cccn1. The number of likely N-dealkylation sites (N-methyl/N-ethyl adjacent to an activating group) is 1. The molecule has 0 unspecified atom stereocenters. The number of carbonyl (C=O) groups is 2. The molecule has 0 aliphatic carbocycles. The molecule has 0 saturated heterocycles. The van der Waals surface area contributed by atoms with Crippen LogP contribution in [0.15, 0.2) is 36.7 Å². The first-order valence-electron chi connectivity index (χ1n) is 7.01. The van der Waals surface area contributed by atoms with E-state index in [1.165, 1.54) is 4.68 Å². The van der Waals surface area contributed by atoms with Gasteiger partial charge in [0.25, 0.3) is 0 Å². The van der Waals surface area contributed by atoms with Gasteiger partial charge < -0.3 is 15.5 Å². The molecule has 23 heavy (non-hydrogen) atoms. The van der Waals surface area contributed by atoms with Crippen molar-refractivity contribution < 1.29 is 9.59 Å². The number of nitrogens with one attached hydrogen (secondary N) is 2. The lowest BCUT2D eigenvalue weighted by Gasteiger charge is -2.13. The first-order valence-corrected chi connectivity index (χ1v) is 7.39. The third kappa shape index (κ3) is 4.54. The minimum atomic E-state index is -0.751. The highest BCUT2D eigenvalue weighted by atomic mass is 35.5. The highest BCUT2D eigenvalue weighted by molar-refractivity contribution is 6.40. The zero-order chi connectivity index (χ0) is 16.8. The van der Waals surface area contributed by atoms with Crippen molar-refractivity contribution in [1.82, 2.24) is 20.0 Å². The second-order valence-corrected chi connectivity index (χ2v) is 5.51. The number of amides is 2. The average molecular weight is 336 g/mol. The Morgan fingerprint density at radius 1 is 1.26 bits per heavy atom. The highest BCUT2D eigenvalue weighted by Crippen LogP contribution is 2.27. The number of halogens is 1. The molecule has 0 spiro atoms. The quantitative estimate of drug-likeness (QED) is 0.803. The second-order valence-electron chi connectivity index (χ2n) is 5.10. The van der Waals surface area contributed by atoms with Gasteiger partial charge in [-0.1, -0.05) is 17.7 Å². The third-order valence-corrected chi connectivity index (χ3v) is 3.32. The van der Waals surface area contributed by atoms with Gasteiger partial charge in [-0.15, -0.1) is 0 Å². The molecule has 0 radical (unpaired) electrons. The number of carbonyl (C=O) groups excluding carboxylic acids is 2. The van der Waals surface area contributed by atoms with E-state index < -0.39 is 11.8 Å². The Morgan fingerprint density at radius 3 is 2.70 bits per heavy atom. The topological polar surface area (TPSA) is 79.3 Å². The first-order chi connectivity index (χ1) is 11.0. The zero-order valence-electron chi connectivity index (χ0n) is 12.9. The van der Waals surface area contributed by atoms with Crippen molar-refractivity contribution in [2.75, 3.05) is 32.5 Å². The van der Waals surface area contributed by atoms with E-state index in [0.29, 0.717) is 29.5 Å². The lowest BCUT2D eigenvalue weighted by Crippen LogP contribution is -2.38. The molecule has 0 saturated carbocycles. The van der Waals surface area contributed by atoms with Gasteiger partial charge in [-0.2, -0.15) is 5.10 Å². The van der Waals surface area contributed by atoms with Gasteiger partial charge in [-0.3, -0.25) is 9.59 Å².